The molecule has 0 amide bonds. The van der Waals surface area contributed by atoms with Crippen LogP contribution in [0.2, 0.25) is 10.0 Å². The summed E-state index contributed by atoms with van der Waals surface area (Å²) in [5.74, 6) is 0. The highest BCUT2D eigenvalue weighted by molar-refractivity contribution is 6.36. The second-order valence-electron chi connectivity index (χ2n) is 6.31. The van der Waals surface area contributed by atoms with Crippen molar-refractivity contribution in [3.05, 3.63) is 90.2 Å². The van der Waals surface area contributed by atoms with E-state index in [2.05, 4.69) is 16.2 Å². The maximum absolute atomic E-state index is 12.0. The largest absolute Gasteiger partial charge is 0.349 e. The van der Waals surface area contributed by atoms with Crippen LogP contribution in [0.25, 0.3) is 5.69 Å². The zero-order valence-corrected chi connectivity index (χ0v) is 15.4. The number of nitriles is 1. The third-order valence-corrected chi connectivity index (χ3v) is 5.44. The molecule has 3 aromatic rings. The quantitative estimate of drug-likeness (QED) is 0.717. The summed E-state index contributed by atoms with van der Waals surface area (Å²) in [5.41, 5.74) is 0.540. The number of aryl methyl sites for hydroxylation is 1. The molecule has 8 heteroatoms. The van der Waals surface area contributed by atoms with E-state index >= 15 is 0 Å². The molecule has 4 rings (SSSR count). The molecule has 1 aliphatic carbocycles. The van der Waals surface area contributed by atoms with Crippen molar-refractivity contribution >= 4 is 23.2 Å². The number of nitrogens with one attached hydrogen (secondary N) is 1. The van der Waals surface area contributed by atoms with Crippen LogP contribution in [-0.2, 0) is 11.8 Å². The monoisotopic (exact) mass is 398 g/mol. The molecule has 134 valence electrons. The SMILES string of the molecule is N#CC1(c2c(Cl)cc(-n3ncc(=O)[nH]c3=O)cc2Cl)CCc2ccccc21. The third kappa shape index (κ3) is 2.67. The van der Waals surface area contributed by atoms with Gasteiger partial charge in [0.25, 0.3) is 5.56 Å². The van der Waals surface area contributed by atoms with Crippen LogP contribution in [0.4, 0.5) is 0 Å². The van der Waals surface area contributed by atoms with Crippen LogP contribution in [0.15, 0.2) is 52.2 Å². The van der Waals surface area contributed by atoms with E-state index in [-0.39, 0.29) is 10.0 Å². The number of nitrogens with zero attached hydrogens (tertiary/aromatic N) is 3. The first kappa shape index (κ1) is 17.5. The number of H-pyrrole nitrogens is 1. The highest BCUT2D eigenvalue weighted by Crippen LogP contribution is 2.48. The molecule has 1 heterocycles. The highest BCUT2D eigenvalue weighted by Gasteiger charge is 2.43. The summed E-state index contributed by atoms with van der Waals surface area (Å²) in [6.45, 7) is 0. The number of benzene rings is 2. The van der Waals surface area contributed by atoms with Gasteiger partial charge in [0.1, 0.15) is 11.6 Å². The Morgan fingerprint density at radius 1 is 1.19 bits per heavy atom. The molecule has 1 unspecified atom stereocenters. The summed E-state index contributed by atoms with van der Waals surface area (Å²) < 4.78 is 0.991. The van der Waals surface area contributed by atoms with Crippen molar-refractivity contribution in [1.29, 1.82) is 5.26 Å². The second-order valence-corrected chi connectivity index (χ2v) is 7.12. The molecule has 2 aromatic carbocycles. The molecule has 0 bridgehead atoms. The van der Waals surface area contributed by atoms with Crippen molar-refractivity contribution in [2.24, 2.45) is 0 Å². The number of hydrogen-bond acceptors (Lipinski definition) is 4. The van der Waals surface area contributed by atoms with Crippen molar-refractivity contribution in [2.45, 2.75) is 18.3 Å². The Morgan fingerprint density at radius 2 is 1.89 bits per heavy atom. The smallest absolute Gasteiger partial charge is 0.271 e. The Hall–Kier alpha value is -2.88. The molecule has 27 heavy (non-hydrogen) atoms. The van der Waals surface area contributed by atoms with Crippen molar-refractivity contribution in [3.8, 4) is 11.8 Å². The number of aromatic nitrogens is 3. The van der Waals surface area contributed by atoms with E-state index in [1.165, 1.54) is 12.1 Å². The minimum atomic E-state index is -0.952. The molecule has 0 radical (unpaired) electrons. The van der Waals surface area contributed by atoms with Gasteiger partial charge in [-0.25, -0.2) is 4.79 Å². The molecular formula is C19H12Cl2N4O2. The lowest BCUT2D eigenvalue weighted by Gasteiger charge is -2.26. The Bertz CT molecular complexity index is 1200. The van der Waals surface area contributed by atoms with Gasteiger partial charge in [0.15, 0.2) is 0 Å². The minimum Gasteiger partial charge on any atom is -0.271 e. The van der Waals surface area contributed by atoms with E-state index < -0.39 is 16.7 Å². The lowest BCUT2D eigenvalue weighted by Crippen LogP contribution is -2.30. The van der Waals surface area contributed by atoms with Gasteiger partial charge in [0.05, 0.1) is 11.8 Å². The zero-order chi connectivity index (χ0) is 19.2. The van der Waals surface area contributed by atoms with Crippen LogP contribution in [0.5, 0.6) is 0 Å². The molecule has 0 saturated heterocycles. The van der Waals surface area contributed by atoms with Gasteiger partial charge in [-0.1, -0.05) is 47.5 Å². The number of rotatable bonds is 2. The lowest BCUT2D eigenvalue weighted by molar-refractivity contribution is 0.648. The van der Waals surface area contributed by atoms with Gasteiger partial charge in [0, 0.05) is 15.6 Å². The maximum atomic E-state index is 12.0. The summed E-state index contributed by atoms with van der Waals surface area (Å²) >= 11 is 13.1. The van der Waals surface area contributed by atoms with E-state index in [1.807, 2.05) is 24.3 Å². The normalized spacial score (nSPS) is 18.1. The molecule has 1 aromatic heterocycles. The van der Waals surface area contributed by atoms with Crippen LogP contribution in [0, 0.1) is 11.3 Å². The molecule has 1 atom stereocenters. The van der Waals surface area contributed by atoms with Gasteiger partial charge in [-0.05, 0) is 36.1 Å². The summed E-state index contributed by atoms with van der Waals surface area (Å²) in [5, 5.41) is 14.4. The van der Waals surface area contributed by atoms with Crippen molar-refractivity contribution in [2.75, 3.05) is 0 Å². The molecule has 1 N–H and O–H groups in total. The van der Waals surface area contributed by atoms with E-state index in [9.17, 15) is 14.9 Å². The van der Waals surface area contributed by atoms with E-state index in [4.69, 9.17) is 23.2 Å². The molecule has 0 fully saturated rings. The molecule has 0 spiro atoms. The first-order valence-corrected chi connectivity index (χ1v) is 8.90. The van der Waals surface area contributed by atoms with Gasteiger partial charge in [-0.15, -0.1) is 0 Å². The Kier molecular flexibility index (Phi) is 4.14. The summed E-state index contributed by atoms with van der Waals surface area (Å²) in [7, 11) is 0. The van der Waals surface area contributed by atoms with Crippen LogP contribution in [-0.4, -0.2) is 14.8 Å². The summed E-state index contributed by atoms with van der Waals surface area (Å²) in [6, 6.07) is 13.2. The number of halogens is 2. The summed E-state index contributed by atoms with van der Waals surface area (Å²) in [6.07, 6.45) is 2.30. The van der Waals surface area contributed by atoms with Crippen molar-refractivity contribution < 1.29 is 0 Å². The maximum Gasteiger partial charge on any atom is 0.349 e. The van der Waals surface area contributed by atoms with Gasteiger partial charge < -0.3 is 0 Å². The third-order valence-electron chi connectivity index (χ3n) is 4.85. The van der Waals surface area contributed by atoms with E-state index in [0.29, 0.717) is 17.7 Å². The minimum absolute atomic E-state index is 0.260. The number of fused-ring (bicyclic) bond motifs is 1. The van der Waals surface area contributed by atoms with Gasteiger partial charge in [-0.3, -0.25) is 9.78 Å². The van der Waals surface area contributed by atoms with Crippen molar-refractivity contribution in [3.63, 3.8) is 0 Å². The molecule has 0 saturated carbocycles. The highest BCUT2D eigenvalue weighted by atomic mass is 35.5. The summed E-state index contributed by atoms with van der Waals surface area (Å²) in [4.78, 5) is 25.3. The average molecular weight is 399 g/mol. The number of aromatic amines is 1. The predicted molar refractivity (Wildman–Crippen MR) is 102 cm³/mol. The first-order valence-electron chi connectivity index (χ1n) is 8.14. The van der Waals surface area contributed by atoms with Gasteiger partial charge in [0.2, 0.25) is 0 Å². The second kappa shape index (κ2) is 6.38. The fraction of sp³-hybridized carbons (Fsp3) is 0.158. The Labute approximate surface area is 163 Å². The molecule has 6 nitrogen and oxygen atoms in total. The molecule has 1 aliphatic rings. The topological polar surface area (TPSA) is 91.5 Å². The van der Waals surface area contributed by atoms with Gasteiger partial charge in [-0.2, -0.15) is 15.0 Å². The molecule has 0 aliphatic heterocycles. The Morgan fingerprint density at radius 3 is 2.56 bits per heavy atom. The van der Waals surface area contributed by atoms with Crippen molar-refractivity contribution in [1.82, 2.24) is 14.8 Å². The standard InChI is InChI=1S/C19H12Cl2N4O2/c20-14-7-12(25-18(27)24-16(26)9-23-25)8-15(21)17(14)19(10-22)6-5-11-3-1-2-4-13(11)19/h1-4,7-9H,5-6H2,(H,24,26,27). The fourth-order valence-electron chi connectivity index (χ4n) is 3.67. The van der Waals surface area contributed by atoms with E-state index in [1.54, 1.807) is 0 Å². The van der Waals surface area contributed by atoms with Crippen LogP contribution in [0.1, 0.15) is 23.1 Å². The van der Waals surface area contributed by atoms with Gasteiger partial charge >= 0.3 is 5.69 Å². The molecular weight excluding hydrogens is 387 g/mol. The predicted octanol–water partition coefficient (Wildman–Crippen LogP) is 2.98. The number of hydrogen-bond donors (Lipinski definition) is 1. The lowest BCUT2D eigenvalue weighted by atomic mass is 9.76. The Balaban J connectivity index is 1.93. The van der Waals surface area contributed by atoms with Crippen LogP contribution < -0.4 is 11.2 Å². The zero-order valence-electron chi connectivity index (χ0n) is 13.9. The van der Waals surface area contributed by atoms with Crippen LogP contribution >= 0.6 is 23.2 Å². The fourth-order valence-corrected chi connectivity index (χ4v) is 4.47. The average Bonchev–Trinajstić information content (AvgIpc) is 3.01. The van der Waals surface area contributed by atoms with Crippen LogP contribution in [0.3, 0.4) is 0 Å². The first-order chi connectivity index (χ1) is 13.0. The van der Waals surface area contributed by atoms with E-state index in [0.717, 1.165) is 28.4 Å².